The van der Waals surface area contributed by atoms with Gasteiger partial charge in [0, 0.05) is 12.8 Å². The topological polar surface area (TPSA) is 77.8 Å². The van der Waals surface area contributed by atoms with E-state index in [1.807, 2.05) is 6.08 Å². The molecule has 4 aliphatic rings. The molecule has 218 valence electrons. The number of Topliss-reactive ketones (excluding diaryl/α,β-unsaturated/α-hetero) is 1. The van der Waals surface area contributed by atoms with E-state index in [1.165, 1.54) is 50.5 Å². The fourth-order valence-corrected chi connectivity index (χ4v) is 8.22. The molecular weight excluding hydrogens is 484 g/mol. The first-order chi connectivity index (χ1) is 18.6. The SMILES string of the molecule is C=C1/C(=C\C=C2/CCC[C@@]3(C)C2CC[C@@H]3[C@H](C)/C=C/C(O)C2(C(=O)CCCCCCC)CC2)C[C@@H](O)C[C@@H]1O. The molecule has 0 radical (unpaired) electrons. The maximum atomic E-state index is 13.0. The highest BCUT2D eigenvalue weighted by Gasteiger charge is 2.54. The number of hydrogen-bond donors (Lipinski definition) is 3. The molecule has 4 nitrogen and oxygen atoms in total. The van der Waals surface area contributed by atoms with Crippen LogP contribution in [0, 0.1) is 28.6 Å². The Morgan fingerprint density at radius 1 is 1.08 bits per heavy atom. The molecule has 0 saturated heterocycles. The summed E-state index contributed by atoms with van der Waals surface area (Å²) in [7, 11) is 0. The van der Waals surface area contributed by atoms with Crippen molar-refractivity contribution in [3.8, 4) is 0 Å². The normalized spacial score (nSPS) is 35.9. The first-order valence-electron chi connectivity index (χ1n) is 16.0. The van der Waals surface area contributed by atoms with Gasteiger partial charge in [0.15, 0.2) is 0 Å². The number of aliphatic hydroxyl groups is 3. The molecule has 0 aliphatic heterocycles. The standard InChI is InChI=1S/C35H54O4/c1-5-6-7-8-9-12-32(38)35(20-21-35)33(39)18-13-24(2)29-16-17-30-26(11-10-19-34(29,30)4)14-15-27-22-28(36)23-31(37)25(27)3/h13-15,18,24,28-31,33,36-37,39H,3,5-12,16-17,19-23H2,1-2,4H3/b18-13+,26-14+,27-15-/t24-,28-,29-,30?,31+,33?,34-/m1/s1. The first-order valence-corrected chi connectivity index (χ1v) is 16.0. The van der Waals surface area contributed by atoms with Crippen LogP contribution in [0.15, 0.2) is 47.6 Å². The summed E-state index contributed by atoms with van der Waals surface area (Å²) in [5.41, 5.74) is 2.94. The van der Waals surface area contributed by atoms with E-state index >= 15 is 0 Å². The summed E-state index contributed by atoms with van der Waals surface area (Å²) in [5.74, 6) is 1.73. The number of carbonyl (C=O) groups excluding carboxylic acids is 1. The molecule has 0 aromatic rings. The third-order valence-electron chi connectivity index (χ3n) is 11.0. The van der Waals surface area contributed by atoms with Crippen molar-refractivity contribution in [3.63, 3.8) is 0 Å². The average molecular weight is 539 g/mol. The van der Waals surface area contributed by atoms with Gasteiger partial charge in [0.2, 0.25) is 0 Å². The predicted molar refractivity (Wildman–Crippen MR) is 159 cm³/mol. The van der Waals surface area contributed by atoms with Crippen LogP contribution in [0.4, 0.5) is 0 Å². The van der Waals surface area contributed by atoms with E-state index < -0.39 is 23.7 Å². The molecule has 3 N–H and O–H groups in total. The molecule has 39 heavy (non-hydrogen) atoms. The smallest absolute Gasteiger partial charge is 0.141 e. The van der Waals surface area contributed by atoms with Crippen LogP contribution in [-0.2, 0) is 4.79 Å². The Kier molecular flexibility index (Phi) is 10.2. The Labute approximate surface area is 237 Å². The molecule has 4 saturated carbocycles. The summed E-state index contributed by atoms with van der Waals surface area (Å²) in [6.45, 7) is 11.0. The molecule has 7 atom stereocenters. The minimum absolute atomic E-state index is 0.228. The van der Waals surface area contributed by atoms with Gasteiger partial charge in [0.25, 0.3) is 0 Å². The van der Waals surface area contributed by atoms with Crippen LogP contribution in [0.2, 0.25) is 0 Å². The number of aliphatic hydroxyl groups excluding tert-OH is 3. The largest absolute Gasteiger partial charge is 0.393 e. The van der Waals surface area contributed by atoms with Crippen LogP contribution in [0.1, 0.15) is 117 Å². The summed E-state index contributed by atoms with van der Waals surface area (Å²) in [6, 6.07) is 0. The van der Waals surface area contributed by atoms with E-state index in [0.29, 0.717) is 37.0 Å². The van der Waals surface area contributed by atoms with Crippen LogP contribution in [0.5, 0.6) is 0 Å². The van der Waals surface area contributed by atoms with Crippen molar-refractivity contribution in [3.05, 3.63) is 47.6 Å². The molecule has 0 aromatic heterocycles. The van der Waals surface area contributed by atoms with Crippen LogP contribution < -0.4 is 0 Å². The summed E-state index contributed by atoms with van der Waals surface area (Å²) in [5, 5.41) is 31.4. The van der Waals surface area contributed by atoms with Gasteiger partial charge in [-0.1, -0.05) is 82.9 Å². The lowest BCUT2D eigenvalue weighted by atomic mass is 9.61. The second-order valence-corrected chi connectivity index (χ2v) is 13.6. The van der Waals surface area contributed by atoms with Crippen molar-refractivity contribution in [1.82, 2.24) is 0 Å². The van der Waals surface area contributed by atoms with Crippen molar-refractivity contribution in [2.24, 2.45) is 28.6 Å². The Bertz CT molecular complexity index is 969. The van der Waals surface area contributed by atoms with Gasteiger partial charge in [-0.3, -0.25) is 4.79 Å². The van der Waals surface area contributed by atoms with Crippen LogP contribution in [0.3, 0.4) is 0 Å². The molecule has 0 heterocycles. The molecular formula is C35H54O4. The van der Waals surface area contributed by atoms with Crippen molar-refractivity contribution in [1.29, 1.82) is 0 Å². The third-order valence-corrected chi connectivity index (χ3v) is 11.0. The van der Waals surface area contributed by atoms with Crippen molar-refractivity contribution in [2.45, 2.75) is 135 Å². The molecule has 4 aliphatic carbocycles. The highest BCUT2D eigenvalue weighted by Crippen LogP contribution is 2.60. The molecule has 4 fully saturated rings. The fourth-order valence-electron chi connectivity index (χ4n) is 8.22. The zero-order valence-electron chi connectivity index (χ0n) is 24.8. The Morgan fingerprint density at radius 3 is 2.54 bits per heavy atom. The molecule has 2 unspecified atom stereocenters. The number of fused-ring (bicyclic) bond motifs is 1. The second-order valence-electron chi connectivity index (χ2n) is 13.6. The second kappa shape index (κ2) is 13.0. The Hall–Kier alpha value is -1.49. The monoisotopic (exact) mass is 538 g/mol. The van der Waals surface area contributed by atoms with E-state index in [9.17, 15) is 20.1 Å². The van der Waals surface area contributed by atoms with Gasteiger partial charge in [-0.15, -0.1) is 0 Å². The molecule has 4 rings (SSSR count). The van der Waals surface area contributed by atoms with Gasteiger partial charge in [-0.2, -0.15) is 0 Å². The van der Waals surface area contributed by atoms with E-state index in [4.69, 9.17) is 0 Å². The van der Waals surface area contributed by atoms with Crippen LogP contribution in [-0.4, -0.2) is 39.4 Å². The molecule has 4 heteroatoms. The van der Waals surface area contributed by atoms with Gasteiger partial charge < -0.3 is 15.3 Å². The van der Waals surface area contributed by atoms with Crippen molar-refractivity contribution < 1.29 is 20.1 Å². The predicted octanol–water partition coefficient (Wildman–Crippen LogP) is 7.39. The summed E-state index contributed by atoms with van der Waals surface area (Å²) in [6.07, 6.45) is 21.6. The van der Waals surface area contributed by atoms with E-state index in [0.717, 1.165) is 43.3 Å². The Morgan fingerprint density at radius 2 is 1.82 bits per heavy atom. The number of allylic oxidation sites excluding steroid dienone is 4. The minimum Gasteiger partial charge on any atom is -0.393 e. The van der Waals surface area contributed by atoms with Crippen molar-refractivity contribution >= 4 is 5.78 Å². The molecule has 0 spiro atoms. The van der Waals surface area contributed by atoms with Gasteiger partial charge in [-0.25, -0.2) is 0 Å². The van der Waals surface area contributed by atoms with Crippen molar-refractivity contribution in [2.75, 3.05) is 0 Å². The highest BCUT2D eigenvalue weighted by molar-refractivity contribution is 5.88. The number of ketones is 1. The quantitative estimate of drug-likeness (QED) is 0.179. The zero-order valence-corrected chi connectivity index (χ0v) is 24.8. The van der Waals surface area contributed by atoms with E-state index in [1.54, 1.807) is 0 Å². The number of unbranched alkanes of at least 4 members (excludes halogenated alkanes) is 4. The number of rotatable bonds is 12. The molecule has 0 bridgehead atoms. The summed E-state index contributed by atoms with van der Waals surface area (Å²) >= 11 is 0. The average Bonchev–Trinajstić information content (AvgIpc) is 3.64. The van der Waals surface area contributed by atoms with Gasteiger partial charge >= 0.3 is 0 Å². The Balaban J connectivity index is 1.37. The van der Waals surface area contributed by atoms with E-state index in [2.05, 4.69) is 45.6 Å². The third kappa shape index (κ3) is 6.71. The maximum absolute atomic E-state index is 13.0. The number of hydrogen-bond acceptors (Lipinski definition) is 4. The lowest BCUT2D eigenvalue weighted by Gasteiger charge is -2.44. The minimum atomic E-state index is -0.657. The maximum Gasteiger partial charge on any atom is 0.141 e. The number of carbonyl (C=O) groups is 1. The van der Waals surface area contributed by atoms with Crippen LogP contribution in [0.25, 0.3) is 0 Å². The van der Waals surface area contributed by atoms with Gasteiger partial charge in [0.1, 0.15) is 5.78 Å². The highest BCUT2D eigenvalue weighted by atomic mass is 16.3. The summed E-state index contributed by atoms with van der Waals surface area (Å²) in [4.78, 5) is 13.0. The van der Waals surface area contributed by atoms with Crippen LogP contribution >= 0.6 is 0 Å². The van der Waals surface area contributed by atoms with Gasteiger partial charge in [0.05, 0.1) is 23.7 Å². The summed E-state index contributed by atoms with van der Waals surface area (Å²) < 4.78 is 0. The van der Waals surface area contributed by atoms with E-state index in [-0.39, 0.29) is 11.2 Å². The zero-order chi connectivity index (χ0) is 28.2. The first kappa shape index (κ1) is 30.5. The molecule has 0 aromatic carbocycles. The fraction of sp³-hybridized carbons (Fsp3) is 0.743. The lowest BCUT2D eigenvalue weighted by molar-refractivity contribution is -0.127. The van der Waals surface area contributed by atoms with Gasteiger partial charge in [-0.05, 0) is 92.1 Å². The molecule has 0 amide bonds. The lowest BCUT2D eigenvalue weighted by Crippen LogP contribution is -2.35.